The first-order chi connectivity index (χ1) is 9.97. The van der Waals surface area contributed by atoms with E-state index in [0.717, 1.165) is 26.7 Å². The molecule has 21 heavy (non-hydrogen) atoms. The first-order valence-corrected chi connectivity index (χ1v) is 9.24. The molecule has 0 fully saturated rings. The molecule has 0 saturated carbocycles. The Morgan fingerprint density at radius 1 is 1.19 bits per heavy atom. The van der Waals surface area contributed by atoms with E-state index in [1.165, 1.54) is 9.75 Å². The summed E-state index contributed by atoms with van der Waals surface area (Å²) in [5, 5.41) is 0. The molecular weight excluding hydrogens is 412 g/mol. The molecule has 3 rings (SSSR count). The smallest absolute Gasteiger partial charge is 0.165 e. The molecule has 2 aromatic rings. The van der Waals surface area contributed by atoms with Gasteiger partial charge in [0.15, 0.2) is 5.78 Å². The van der Waals surface area contributed by atoms with Crippen LogP contribution in [-0.4, -0.2) is 10.6 Å². The molecular formula is C17H14Br2OS. The lowest BCUT2D eigenvalue weighted by molar-refractivity contribution is -0.113. The van der Waals surface area contributed by atoms with Gasteiger partial charge in [-0.2, -0.15) is 0 Å². The van der Waals surface area contributed by atoms with E-state index in [2.05, 4.69) is 63.9 Å². The number of allylic oxidation sites excluding steroid dienone is 2. The summed E-state index contributed by atoms with van der Waals surface area (Å²) in [5.41, 5.74) is 4.22. The third-order valence-corrected chi connectivity index (χ3v) is 5.97. The average Bonchev–Trinajstić information content (AvgIpc) is 2.89. The maximum absolute atomic E-state index is 12.5. The quantitative estimate of drug-likeness (QED) is 0.557. The van der Waals surface area contributed by atoms with Gasteiger partial charge in [0.05, 0.1) is 0 Å². The summed E-state index contributed by atoms with van der Waals surface area (Å²) in [7, 11) is 0. The second-order valence-electron chi connectivity index (χ2n) is 5.22. The molecule has 0 amide bonds. The van der Waals surface area contributed by atoms with Crippen molar-refractivity contribution in [2.75, 3.05) is 0 Å². The number of carbonyl (C=O) groups excluding carboxylic acids is 1. The van der Waals surface area contributed by atoms with Crippen LogP contribution in [0.15, 0.2) is 34.8 Å². The number of hydrogen-bond acceptors (Lipinski definition) is 2. The Balaban J connectivity index is 2.22. The third-order valence-electron chi connectivity index (χ3n) is 3.69. The second-order valence-corrected chi connectivity index (χ2v) is 8.70. The normalized spacial score (nSPS) is 18.7. The third kappa shape index (κ3) is 2.81. The average molecular weight is 426 g/mol. The van der Waals surface area contributed by atoms with Crippen molar-refractivity contribution in [3.8, 4) is 0 Å². The molecule has 1 aromatic carbocycles. The van der Waals surface area contributed by atoms with Gasteiger partial charge in [-0.3, -0.25) is 4.79 Å². The van der Waals surface area contributed by atoms with Gasteiger partial charge >= 0.3 is 0 Å². The van der Waals surface area contributed by atoms with Crippen molar-refractivity contribution < 1.29 is 4.79 Å². The van der Waals surface area contributed by atoms with Crippen LogP contribution in [0.3, 0.4) is 0 Å². The van der Waals surface area contributed by atoms with Gasteiger partial charge in [0.25, 0.3) is 0 Å². The van der Waals surface area contributed by atoms with Crippen LogP contribution in [0.5, 0.6) is 0 Å². The van der Waals surface area contributed by atoms with E-state index in [0.29, 0.717) is 6.42 Å². The van der Waals surface area contributed by atoms with Crippen molar-refractivity contribution in [1.29, 1.82) is 0 Å². The highest BCUT2D eigenvalue weighted by atomic mass is 79.9. The predicted octanol–water partition coefficient (Wildman–Crippen LogP) is 5.77. The topological polar surface area (TPSA) is 17.1 Å². The van der Waals surface area contributed by atoms with Gasteiger partial charge in [-0.25, -0.2) is 0 Å². The summed E-state index contributed by atoms with van der Waals surface area (Å²) in [6.45, 7) is 4.18. The molecule has 1 nitrogen and oxygen atoms in total. The zero-order chi connectivity index (χ0) is 15.1. The van der Waals surface area contributed by atoms with Gasteiger partial charge in [0.1, 0.15) is 0 Å². The number of ketones is 1. The number of benzene rings is 1. The number of alkyl halides is 1. The van der Waals surface area contributed by atoms with Crippen molar-refractivity contribution in [1.82, 2.24) is 0 Å². The Kier molecular flexibility index (Phi) is 4.21. The molecule has 0 bridgehead atoms. The number of aryl methyl sites for hydroxylation is 2. The molecule has 1 atom stereocenters. The van der Waals surface area contributed by atoms with Crippen LogP contribution in [0.25, 0.3) is 11.1 Å². The van der Waals surface area contributed by atoms with Crippen molar-refractivity contribution in [2.45, 2.75) is 25.1 Å². The summed E-state index contributed by atoms with van der Waals surface area (Å²) >= 11 is 8.90. The van der Waals surface area contributed by atoms with E-state index in [1.807, 2.05) is 12.1 Å². The van der Waals surface area contributed by atoms with Crippen molar-refractivity contribution in [2.24, 2.45) is 0 Å². The van der Waals surface area contributed by atoms with Gasteiger partial charge in [0, 0.05) is 31.0 Å². The molecule has 0 radical (unpaired) electrons. The van der Waals surface area contributed by atoms with E-state index in [4.69, 9.17) is 0 Å². The molecule has 1 unspecified atom stereocenters. The van der Waals surface area contributed by atoms with Gasteiger partial charge < -0.3 is 0 Å². The van der Waals surface area contributed by atoms with Crippen LogP contribution in [0, 0.1) is 13.8 Å². The lowest BCUT2D eigenvalue weighted by Crippen LogP contribution is -1.97. The molecule has 108 valence electrons. The van der Waals surface area contributed by atoms with E-state index >= 15 is 0 Å². The first-order valence-electron chi connectivity index (χ1n) is 6.72. The zero-order valence-corrected chi connectivity index (χ0v) is 15.7. The molecule has 0 N–H and O–H groups in total. The summed E-state index contributed by atoms with van der Waals surface area (Å²) < 4.78 is 1.05. The molecule has 1 aliphatic carbocycles. The molecule has 1 aromatic heterocycles. The van der Waals surface area contributed by atoms with E-state index in [1.54, 1.807) is 11.3 Å². The Morgan fingerprint density at radius 3 is 2.43 bits per heavy atom. The van der Waals surface area contributed by atoms with Gasteiger partial charge in [0.2, 0.25) is 0 Å². The fourth-order valence-corrected chi connectivity index (χ4v) is 4.78. The van der Waals surface area contributed by atoms with E-state index in [9.17, 15) is 4.79 Å². The fourth-order valence-electron chi connectivity index (χ4n) is 2.80. The Hall–Kier alpha value is -0.710. The fraction of sp³-hybridized carbons (Fsp3) is 0.235. The molecule has 0 saturated heterocycles. The van der Waals surface area contributed by atoms with Crippen molar-refractivity contribution >= 4 is 60.1 Å². The van der Waals surface area contributed by atoms with Gasteiger partial charge in [-0.15, -0.1) is 11.3 Å². The minimum absolute atomic E-state index is 0.0979. The lowest BCUT2D eigenvalue weighted by atomic mass is 9.97. The maximum Gasteiger partial charge on any atom is 0.165 e. The standard InChI is InChI=1S/C17H14Br2OS/c1-9-7-13(10(2)21-9)17-15(20)8-14(19)16(17)11-3-5-12(18)6-4-11/h3-7,14H,8H2,1-2H3. The van der Waals surface area contributed by atoms with Gasteiger partial charge in [-0.1, -0.05) is 44.0 Å². The van der Waals surface area contributed by atoms with Gasteiger partial charge in [-0.05, 0) is 48.7 Å². The summed E-state index contributed by atoms with van der Waals surface area (Å²) in [4.78, 5) is 15.1. The Morgan fingerprint density at radius 2 is 1.86 bits per heavy atom. The number of carbonyl (C=O) groups is 1. The highest BCUT2D eigenvalue weighted by molar-refractivity contribution is 9.10. The first kappa shape index (κ1) is 15.2. The Labute approximate surface area is 145 Å². The number of Topliss-reactive ketones (excluding diaryl/α,β-unsaturated/α-hetero) is 1. The number of thiophene rings is 1. The van der Waals surface area contributed by atoms with Crippen LogP contribution in [0.4, 0.5) is 0 Å². The second kappa shape index (κ2) is 5.82. The highest BCUT2D eigenvalue weighted by Gasteiger charge is 2.33. The summed E-state index contributed by atoms with van der Waals surface area (Å²) in [5.74, 6) is 0.232. The maximum atomic E-state index is 12.5. The largest absolute Gasteiger partial charge is 0.294 e. The molecule has 4 heteroatoms. The highest BCUT2D eigenvalue weighted by Crippen LogP contribution is 2.43. The van der Waals surface area contributed by atoms with Crippen molar-refractivity contribution in [3.63, 3.8) is 0 Å². The van der Waals surface area contributed by atoms with Crippen LogP contribution < -0.4 is 0 Å². The van der Waals surface area contributed by atoms with Crippen LogP contribution >= 0.6 is 43.2 Å². The van der Waals surface area contributed by atoms with Crippen LogP contribution in [-0.2, 0) is 4.79 Å². The zero-order valence-electron chi connectivity index (χ0n) is 11.7. The predicted molar refractivity (Wildman–Crippen MR) is 97.1 cm³/mol. The van der Waals surface area contributed by atoms with Crippen molar-refractivity contribution in [3.05, 3.63) is 55.7 Å². The van der Waals surface area contributed by atoms with E-state index in [-0.39, 0.29) is 10.6 Å². The molecule has 1 heterocycles. The summed E-state index contributed by atoms with van der Waals surface area (Å²) in [6, 6.07) is 10.3. The number of halogens is 2. The van der Waals surface area contributed by atoms with E-state index < -0.39 is 0 Å². The summed E-state index contributed by atoms with van der Waals surface area (Å²) in [6.07, 6.45) is 0.537. The number of hydrogen-bond donors (Lipinski definition) is 0. The minimum Gasteiger partial charge on any atom is -0.294 e. The molecule has 0 aliphatic heterocycles. The lowest BCUT2D eigenvalue weighted by Gasteiger charge is -2.10. The number of rotatable bonds is 2. The monoisotopic (exact) mass is 424 g/mol. The SMILES string of the molecule is Cc1cc(C2=C(c3ccc(Br)cc3)C(Br)CC2=O)c(C)s1. The molecule has 1 aliphatic rings. The van der Waals surface area contributed by atoms with Crippen LogP contribution in [0.2, 0.25) is 0 Å². The van der Waals surface area contributed by atoms with Crippen LogP contribution in [0.1, 0.15) is 27.3 Å². The minimum atomic E-state index is 0.0979. The molecule has 0 spiro atoms. The Bertz CT molecular complexity index is 741.